The van der Waals surface area contributed by atoms with E-state index in [0.29, 0.717) is 11.5 Å². The van der Waals surface area contributed by atoms with Crippen LogP contribution in [0.25, 0.3) is 11.1 Å². The van der Waals surface area contributed by atoms with Gasteiger partial charge in [0.2, 0.25) is 0 Å². The van der Waals surface area contributed by atoms with Gasteiger partial charge in [-0.1, -0.05) is 36.4 Å². The fourth-order valence-corrected chi connectivity index (χ4v) is 22.7. The van der Waals surface area contributed by atoms with Crippen LogP contribution in [0.3, 0.4) is 0 Å². The summed E-state index contributed by atoms with van der Waals surface area (Å²) < 4.78 is 28.9. The average molecular weight is 577 g/mol. The molecule has 2 aliphatic rings. The quantitative estimate of drug-likeness (QED) is 0.293. The van der Waals surface area contributed by atoms with Crippen molar-refractivity contribution in [3.05, 3.63) is 48.5 Å². The van der Waals surface area contributed by atoms with Crippen molar-refractivity contribution in [2.45, 2.75) is 0 Å². The zero-order valence-corrected chi connectivity index (χ0v) is 21.4. The molecular formula is C12H8Cl6N4O2P4. The molecule has 2 aliphatic heterocycles. The Morgan fingerprint density at radius 1 is 0.536 bits per heavy atom. The van der Waals surface area contributed by atoms with E-state index in [9.17, 15) is 0 Å². The molecule has 4 rings (SSSR count). The number of para-hydroxylation sites is 2. The van der Waals surface area contributed by atoms with Crippen LogP contribution in [0.15, 0.2) is 66.6 Å². The monoisotopic (exact) mass is 574 g/mol. The van der Waals surface area contributed by atoms with Gasteiger partial charge in [0.25, 0.3) is 17.7 Å². The van der Waals surface area contributed by atoms with Gasteiger partial charge in [0, 0.05) is 11.1 Å². The summed E-state index contributed by atoms with van der Waals surface area (Å²) in [6.07, 6.45) is 0. The van der Waals surface area contributed by atoms with Crippen molar-refractivity contribution >= 4 is 92.8 Å². The first-order valence-electron chi connectivity index (χ1n) is 7.29. The molecule has 1 spiro atoms. The standard InChI is InChI=1S/C12H8Cl6N4O2P4/c13-25(14)19-26(15,16)21-28(22-27(17,18)20-25)23-11-7-3-1-5-9(11)10-6-2-4-8-12(10)24-28/h1-8H. The van der Waals surface area contributed by atoms with Gasteiger partial charge in [-0.05, 0) is 79.6 Å². The van der Waals surface area contributed by atoms with Crippen molar-refractivity contribution in [3.63, 3.8) is 0 Å². The molecule has 150 valence electrons. The van der Waals surface area contributed by atoms with Crippen LogP contribution in [-0.4, -0.2) is 0 Å². The zero-order chi connectivity index (χ0) is 20.2. The van der Waals surface area contributed by atoms with Crippen LogP contribution in [0.2, 0.25) is 0 Å². The number of halogens is 6. The van der Waals surface area contributed by atoms with Crippen molar-refractivity contribution in [2.75, 3.05) is 0 Å². The topological polar surface area (TPSA) is 67.9 Å². The van der Waals surface area contributed by atoms with Crippen LogP contribution in [0.5, 0.6) is 11.5 Å². The maximum atomic E-state index is 6.33. The second kappa shape index (κ2) is 7.68. The molecule has 0 N–H and O–H groups in total. The summed E-state index contributed by atoms with van der Waals surface area (Å²) in [4.78, 5) is 0. The second-order valence-electron chi connectivity index (χ2n) is 5.39. The molecule has 0 bridgehead atoms. The molecule has 16 heteroatoms. The van der Waals surface area contributed by atoms with Gasteiger partial charge in [-0.15, -0.1) is 9.03 Å². The van der Waals surface area contributed by atoms with Crippen molar-refractivity contribution in [2.24, 2.45) is 18.1 Å². The van der Waals surface area contributed by atoms with Gasteiger partial charge in [-0.2, -0.15) is 9.03 Å². The predicted molar refractivity (Wildman–Crippen MR) is 126 cm³/mol. The van der Waals surface area contributed by atoms with Crippen LogP contribution in [0.1, 0.15) is 0 Å². The van der Waals surface area contributed by atoms with E-state index in [2.05, 4.69) is 18.1 Å². The predicted octanol–water partition coefficient (Wildman–Crippen LogP) is 11.4. The molecule has 0 saturated heterocycles. The molecular weight excluding hydrogens is 569 g/mol. The van der Waals surface area contributed by atoms with E-state index in [1.165, 1.54) is 0 Å². The Kier molecular flexibility index (Phi) is 6.01. The van der Waals surface area contributed by atoms with Crippen LogP contribution < -0.4 is 9.05 Å². The molecule has 0 fully saturated rings. The highest BCUT2D eigenvalue weighted by molar-refractivity contribution is 8.23. The van der Waals surface area contributed by atoms with E-state index in [1.54, 1.807) is 24.3 Å². The van der Waals surface area contributed by atoms with Crippen molar-refractivity contribution in [3.8, 4) is 22.6 Å². The molecule has 2 aromatic rings. The lowest BCUT2D eigenvalue weighted by Gasteiger charge is -2.23. The second-order valence-corrected chi connectivity index (χ2v) is 22.4. The van der Waals surface area contributed by atoms with Crippen LogP contribution >= 0.6 is 92.8 Å². The summed E-state index contributed by atoms with van der Waals surface area (Å²) in [6, 6.07) is 14.6. The number of hydrogen-bond donors (Lipinski definition) is 0. The molecule has 2 aromatic carbocycles. The van der Waals surface area contributed by atoms with Crippen molar-refractivity contribution in [1.82, 2.24) is 0 Å². The Balaban J connectivity index is 2.08. The highest BCUT2D eigenvalue weighted by Gasteiger charge is 2.39. The Hall–Kier alpha value is 0.700. The Bertz CT molecular complexity index is 1150. The minimum Gasteiger partial charge on any atom is -0.413 e. The molecule has 6 nitrogen and oxygen atoms in total. The maximum Gasteiger partial charge on any atom is 0.453 e. The van der Waals surface area contributed by atoms with E-state index in [-0.39, 0.29) is 0 Å². The number of fused-ring (bicyclic) bond motifs is 3. The lowest BCUT2D eigenvalue weighted by molar-refractivity contribution is 0.488. The van der Waals surface area contributed by atoms with Gasteiger partial charge in [-0.25, -0.2) is 0 Å². The van der Waals surface area contributed by atoms with Gasteiger partial charge in [0.15, 0.2) is 0 Å². The molecule has 0 amide bonds. The third-order valence-corrected chi connectivity index (χ3v) is 18.5. The molecule has 0 unspecified atom stereocenters. The first-order chi connectivity index (χ1) is 13.0. The summed E-state index contributed by atoms with van der Waals surface area (Å²) in [7, 11) is -3.63. The van der Waals surface area contributed by atoms with E-state index in [0.717, 1.165) is 11.1 Å². The van der Waals surface area contributed by atoms with E-state index >= 15 is 0 Å². The minimum absolute atomic E-state index is 0.452. The average Bonchev–Trinajstić information content (AvgIpc) is 2.63. The van der Waals surface area contributed by atoms with Gasteiger partial charge < -0.3 is 9.05 Å². The van der Waals surface area contributed by atoms with E-state index < -0.39 is 25.4 Å². The highest BCUT2D eigenvalue weighted by Crippen LogP contribution is 2.86. The van der Waals surface area contributed by atoms with Gasteiger partial charge in [0.05, 0.1) is 0 Å². The third kappa shape index (κ3) is 4.79. The zero-order valence-electron chi connectivity index (χ0n) is 13.3. The Labute approximate surface area is 190 Å². The number of hydrogen-bond acceptors (Lipinski definition) is 6. The lowest BCUT2D eigenvalue weighted by Crippen LogP contribution is -1.97. The lowest BCUT2D eigenvalue weighted by atomic mass is 10.0. The van der Waals surface area contributed by atoms with E-state index in [4.69, 9.17) is 76.5 Å². The summed E-state index contributed by atoms with van der Waals surface area (Å²) in [5, 5.41) is 0. The first-order valence-corrected chi connectivity index (χ1v) is 19.3. The Morgan fingerprint density at radius 2 is 0.929 bits per heavy atom. The summed E-state index contributed by atoms with van der Waals surface area (Å²) in [5.74, 6) is -9.41. The van der Waals surface area contributed by atoms with Crippen molar-refractivity contribution < 1.29 is 9.05 Å². The molecule has 0 aliphatic carbocycles. The molecule has 0 aromatic heterocycles. The molecule has 0 radical (unpaired) electrons. The molecule has 2 heterocycles. The fraction of sp³-hybridized carbons (Fsp3) is 0. The molecule has 0 saturated carbocycles. The third-order valence-electron chi connectivity index (χ3n) is 3.37. The Morgan fingerprint density at radius 3 is 1.43 bits per heavy atom. The SMILES string of the molecule is ClP1(Cl)=NP(Cl)(Cl)=NP2(=NP(Cl)(Cl)=N1)Oc1ccccc1-c1ccccc1O2. The molecule has 28 heavy (non-hydrogen) atoms. The number of nitrogens with zero attached hydrogens (tertiary/aromatic N) is 4. The fourth-order valence-electron chi connectivity index (χ4n) is 2.49. The van der Waals surface area contributed by atoms with Gasteiger partial charge >= 0.3 is 7.66 Å². The van der Waals surface area contributed by atoms with Crippen LogP contribution in [-0.2, 0) is 0 Å². The highest BCUT2D eigenvalue weighted by atomic mass is 35.9. The summed E-state index contributed by atoms with van der Waals surface area (Å²) in [6.45, 7) is 0. The summed E-state index contributed by atoms with van der Waals surface area (Å²) >= 11 is 37.6. The smallest absolute Gasteiger partial charge is 0.413 e. The van der Waals surface area contributed by atoms with Crippen LogP contribution in [0, 0.1) is 0 Å². The number of rotatable bonds is 0. The van der Waals surface area contributed by atoms with Gasteiger partial charge in [-0.3, -0.25) is 0 Å². The maximum absolute atomic E-state index is 6.33. The first kappa shape index (κ1) is 21.9. The number of benzene rings is 2. The largest absolute Gasteiger partial charge is 0.453 e. The van der Waals surface area contributed by atoms with Gasteiger partial charge in [0.1, 0.15) is 11.5 Å². The normalized spacial score (nSPS) is 22.6. The molecule has 0 atom stereocenters. The van der Waals surface area contributed by atoms with Crippen LogP contribution in [0.4, 0.5) is 0 Å². The summed E-state index contributed by atoms with van der Waals surface area (Å²) in [5.41, 5.74) is 1.54. The minimum atomic E-state index is -3.63. The van der Waals surface area contributed by atoms with Crippen molar-refractivity contribution in [1.29, 1.82) is 0 Å². The van der Waals surface area contributed by atoms with E-state index in [1.807, 2.05) is 24.3 Å².